The van der Waals surface area contributed by atoms with Crippen molar-refractivity contribution in [1.29, 1.82) is 0 Å². The number of ether oxygens (including phenoxy) is 1. The van der Waals surface area contributed by atoms with Gasteiger partial charge in [0.05, 0.1) is 19.3 Å². The summed E-state index contributed by atoms with van der Waals surface area (Å²) in [7, 11) is 1.26. The highest BCUT2D eigenvalue weighted by Crippen LogP contribution is 2.20. The first-order chi connectivity index (χ1) is 9.93. The van der Waals surface area contributed by atoms with Crippen molar-refractivity contribution in [3.63, 3.8) is 0 Å². The van der Waals surface area contributed by atoms with Gasteiger partial charge in [-0.3, -0.25) is 0 Å². The van der Waals surface area contributed by atoms with Crippen molar-refractivity contribution in [2.24, 2.45) is 0 Å². The van der Waals surface area contributed by atoms with E-state index in [-0.39, 0.29) is 18.2 Å². The Morgan fingerprint density at radius 2 is 2.05 bits per heavy atom. The third-order valence-electron chi connectivity index (χ3n) is 3.02. The molecule has 7 heteroatoms. The lowest BCUT2D eigenvalue weighted by Crippen LogP contribution is -2.12. The number of halogens is 2. The molecular weight excluding hydrogens is 280 g/mol. The molecule has 1 aromatic carbocycles. The summed E-state index contributed by atoms with van der Waals surface area (Å²) < 4.78 is 32.3. The van der Waals surface area contributed by atoms with Crippen LogP contribution in [0.1, 0.15) is 41.5 Å². The number of carbonyl (C=O) groups excluding carboxylic acids is 1. The van der Waals surface area contributed by atoms with E-state index in [4.69, 9.17) is 0 Å². The van der Waals surface area contributed by atoms with Crippen LogP contribution in [-0.4, -0.2) is 28.1 Å². The van der Waals surface area contributed by atoms with Gasteiger partial charge in [0, 0.05) is 0 Å². The molecule has 0 unspecified atom stereocenters. The van der Waals surface area contributed by atoms with E-state index in [1.807, 2.05) is 13.8 Å². The van der Waals surface area contributed by atoms with Crippen molar-refractivity contribution >= 4 is 5.97 Å². The number of rotatable bonds is 4. The predicted molar refractivity (Wildman–Crippen MR) is 70.9 cm³/mol. The fourth-order valence-corrected chi connectivity index (χ4v) is 2.06. The summed E-state index contributed by atoms with van der Waals surface area (Å²) in [5.41, 5.74) is 1.25. The van der Waals surface area contributed by atoms with Gasteiger partial charge < -0.3 is 4.74 Å². The van der Waals surface area contributed by atoms with Crippen molar-refractivity contribution < 1.29 is 18.3 Å². The quantitative estimate of drug-likeness (QED) is 0.813. The second-order valence-corrected chi connectivity index (χ2v) is 4.88. The molecule has 0 radical (unpaired) electrons. The van der Waals surface area contributed by atoms with E-state index in [1.165, 1.54) is 17.9 Å². The topological polar surface area (TPSA) is 57.0 Å². The molecule has 0 aliphatic carbocycles. The molecule has 0 fully saturated rings. The normalized spacial score (nSPS) is 11.0. The second kappa shape index (κ2) is 5.99. The zero-order valence-corrected chi connectivity index (χ0v) is 11.9. The molecule has 112 valence electrons. The van der Waals surface area contributed by atoms with E-state index in [9.17, 15) is 13.6 Å². The molecule has 2 aromatic rings. The molecule has 0 spiro atoms. The molecule has 0 aliphatic heterocycles. The van der Waals surface area contributed by atoms with Gasteiger partial charge in [-0.25, -0.2) is 18.3 Å². The summed E-state index contributed by atoms with van der Waals surface area (Å²) >= 11 is 0. The predicted octanol–water partition coefficient (Wildman–Crippen LogP) is 2.51. The van der Waals surface area contributed by atoms with Gasteiger partial charge in [-0.1, -0.05) is 25.1 Å². The summed E-state index contributed by atoms with van der Waals surface area (Å²) in [6.07, 6.45) is 0. The van der Waals surface area contributed by atoms with Gasteiger partial charge in [0.1, 0.15) is 0 Å². The van der Waals surface area contributed by atoms with Crippen molar-refractivity contribution in [3.05, 3.63) is 46.8 Å². The maximum absolute atomic E-state index is 13.2. The highest BCUT2D eigenvalue weighted by molar-refractivity contribution is 5.88. The van der Waals surface area contributed by atoms with Crippen LogP contribution in [0.3, 0.4) is 0 Å². The minimum absolute atomic E-state index is 0.0283. The molecule has 0 saturated heterocycles. The van der Waals surface area contributed by atoms with Crippen molar-refractivity contribution in [1.82, 2.24) is 15.0 Å². The highest BCUT2D eigenvalue weighted by Gasteiger charge is 2.22. The number of hydrogen-bond acceptors (Lipinski definition) is 4. The maximum atomic E-state index is 13.2. The Morgan fingerprint density at radius 1 is 1.33 bits per heavy atom. The largest absolute Gasteiger partial charge is 0.464 e. The Kier molecular flexibility index (Phi) is 4.30. The monoisotopic (exact) mass is 295 g/mol. The number of methoxy groups -OCH3 is 1. The molecule has 0 saturated carbocycles. The van der Waals surface area contributed by atoms with E-state index >= 15 is 0 Å². The molecule has 0 atom stereocenters. The molecular formula is C14H15F2N3O2. The van der Waals surface area contributed by atoms with Crippen molar-refractivity contribution in [2.45, 2.75) is 26.3 Å². The molecule has 0 bridgehead atoms. The van der Waals surface area contributed by atoms with Crippen LogP contribution < -0.4 is 0 Å². The number of carbonyl (C=O) groups is 1. The third-order valence-corrected chi connectivity index (χ3v) is 3.02. The van der Waals surface area contributed by atoms with Crippen molar-refractivity contribution in [3.8, 4) is 0 Å². The van der Waals surface area contributed by atoms with Crippen LogP contribution in [0.15, 0.2) is 18.2 Å². The van der Waals surface area contributed by atoms with E-state index in [0.717, 1.165) is 12.1 Å². The highest BCUT2D eigenvalue weighted by atomic mass is 19.2. The molecule has 2 rings (SSSR count). The van der Waals surface area contributed by atoms with Gasteiger partial charge in [0.25, 0.3) is 0 Å². The lowest BCUT2D eigenvalue weighted by atomic mass is 10.1. The van der Waals surface area contributed by atoms with E-state index in [2.05, 4.69) is 15.0 Å². The third kappa shape index (κ3) is 3.07. The fraction of sp³-hybridized carbons (Fsp3) is 0.357. The Morgan fingerprint density at radius 3 is 2.62 bits per heavy atom. The number of aromatic nitrogens is 3. The smallest absolute Gasteiger partial charge is 0.360 e. The van der Waals surface area contributed by atoms with Gasteiger partial charge >= 0.3 is 5.97 Å². The van der Waals surface area contributed by atoms with Gasteiger partial charge in [-0.2, -0.15) is 0 Å². The number of hydrogen-bond donors (Lipinski definition) is 0. The Labute approximate surface area is 120 Å². The second-order valence-electron chi connectivity index (χ2n) is 4.88. The standard InChI is InChI=1S/C14H15F2N3O2/c1-8(2)13-12(14(20)21-3)17-18-19(13)7-9-4-5-10(15)11(16)6-9/h4-6,8H,7H2,1-3H3. The zero-order valence-electron chi connectivity index (χ0n) is 11.9. The van der Waals surface area contributed by atoms with Gasteiger partial charge in [-0.05, 0) is 23.6 Å². The average molecular weight is 295 g/mol. The van der Waals surface area contributed by atoms with Crippen LogP contribution >= 0.6 is 0 Å². The summed E-state index contributed by atoms with van der Waals surface area (Å²) in [5, 5.41) is 7.72. The summed E-state index contributed by atoms with van der Waals surface area (Å²) in [5.74, 6) is -2.43. The molecule has 0 N–H and O–H groups in total. The van der Waals surface area contributed by atoms with Crippen LogP contribution in [0.4, 0.5) is 8.78 Å². The van der Waals surface area contributed by atoms with Gasteiger partial charge in [0.2, 0.25) is 0 Å². The number of benzene rings is 1. The Balaban J connectivity index is 2.37. The first-order valence-electron chi connectivity index (χ1n) is 6.39. The minimum atomic E-state index is -0.924. The maximum Gasteiger partial charge on any atom is 0.360 e. The summed E-state index contributed by atoms with van der Waals surface area (Å²) in [4.78, 5) is 11.7. The summed E-state index contributed by atoms with van der Waals surface area (Å²) in [6, 6.07) is 3.61. The zero-order chi connectivity index (χ0) is 15.6. The Bertz CT molecular complexity index is 668. The van der Waals surface area contributed by atoms with E-state index < -0.39 is 17.6 Å². The molecule has 0 amide bonds. The van der Waals surface area contributed by atoms with E-state index in [0.29, 0.717) is 11.3 Å². The first kappa shape index (κ1) is 15.1. The summed E-state index contributed by atoms with van der Waals surface area (Å²) in [6.45, 7) is 3.95. The SMILES string of the molecule is COC(=O)c1nnn(Cc2ccc(F)c(F)c2)c1C(C)C. The number of esters is 1. The molecule has 1 heterocycles. The molecule has 1 aromatic heterocycles. The number of nitrogens with zero attached hydrogens (tertiary/aromatic N) is 3. The molecule has 5 nitrogen and oxygen atoms in total. The van der Waals surface area contributed by atoms with Crippen LogP contribution in [-0.2, 0) is 11.3 Å². The van der Waals surface area contributed by atoms with Crippen LogP contribution in [0.5, 0.6) is 0 Å². The first-order valence-corrected chi connectivity index (χ1v) is 6.39. The minimum Gasteiger partial charge on any atom is -0.464 e. The van der Waals surface area contributed by atoms with Crippen LogP contribution in [0, 0.1) is 11.6 Å². The fourth-order valence-electron chi connectivity index (χ4n) is 2.06. The van der Waals surface area contributed by atoms with Crippen LogP contribution in [0.25, 0.3) is 0 Å². The lowest BCUT2D eigenvalue weighted by molar-refractivity contribution is 0.0592. The van der Waals surface area contributed by atoms with Crippen LogP contribution in [0.2, 0.25) is 0 Å². The average Bonchev–Trinajstić information content (AvgIpc) is 2.86. The molecule has 0 aliphatic rings. The van der Waals surface area contributed by atoms with E-state index in [1.54, 1.807) is 0 Å². The Hall–Kier alpha value is -2.31. The van der Waals surface area contributed by atoms with Crippen molar-refractivity contribution in [2.75, 3.05) is 7.11 Å². The van der Waals surface area contributed by atoms with Gasteiger partial charge in [0.15, 0.2) is 17.3 Å². The lowest BCUT2D eigenvalue weighted by Gasteiger charge is -2.10. The molecule has 21 heavy (non-hydrogen) atoms. The van der Waals surface area contributed by atoms with Gasteiger partial charge in [-0.15, -0.1) is 5.10 Å².